The van der Waals surface area contributed by atoms with E-state index in [0.29, 0.717) is 0 Å². The van der Waals surface area contributed by atoms with E-state index < -0.39 is 0 Å². The quantitative estimate of drug-likeness (QED) is 0.190. The molecule has 0 aliphatic rings. The van der Waals surface area contributed by atoms with Gasteiger partial charge in [-0.05, 0) is 0 Å². The van der Waals surface area contributed by atoms with Crippen molar-refractivity contribution in [3.63, 3.8) is 0 Å². The van der Waals surface area contributed by atoms with Crippen molar-refractivity contribution in [1.82, 2.24) is 0 Å². The predicted octanol–water partition coefficient (Wildman–Crippen LogP) is 7.15. The van der Waals surface area contributed by atoms with Crippen LogP contribution in [0.4, 0.5) is 0 Å². The molecule has 0 aliphatic carbocycles. The van der Waals surface area contributed by atoms with E-state index >= 15 is 0 Å². The van der Waals surface area contributed by atoms with Crippen LogP contribution in [0.2, 0.25) is 0 Å². The Bertz CT molecular complexity index is 293. The molecule has 0 aromatic heterocycles. The maximum absolute atomic E-state index is 3.41. The Morgan fingerprint density at radius 1 is 0.636 bits per heavy atom. The van der Waals surface area contributed by atoms with E-state index in [0.717, 1.165) is 21.1 Å². The van der Waals surface area contributed by atoms with Crippen LogP contribution < -0.4 is 0 Å². The monoisotopic (exact) mass is 340 g/mol. The first-order valence-corrected chi connectivity index (χ1v) is 13.6. The fourth-order valence-corrected chi connectivity index (χ4v) is 4.36. The molecule has 0 saturated carbocycles. The van der Waals surface area contributed by atoms with Crippen LogP contribution >= 0.6 is 16.5 Å². The summed E-state index contributed by atoms with van der Waals surface area (Å²) in [6, 6.07) is 0. The molecule has 2 heteroatoms. The molecule has 22 heavy (non-hydrogen) atoms. The van der Waals surface area contributed by atoms with Gasteiger partial charge in [0.1, 0.15) is 0 Å². The summed E-state index contributed by atoms with van der Waals surface area (Å²) in [7, 11) is 0.667. The van der Waals surface area contributed by atoms with E-state index in [1.54, 1.807) is 0 Å². The molecular weight excluding hydrogens is 302 g/mol. The summed E-state index contributed by atoms with van der Waals surface area (Å²) in [6.45, 7) is 4.54. The van der Waals surface area contributed by atoms with Crippen molar-refractivity contribution in [2.24, 2.45) is 0 Å². The molecule has 0 spiro atoms. The second-order valence-electron chi connectivity index (χ2n) is 6.04. The number of hydrogen-bond donors (Lipinski definition) is 0. The second-order valence-corrected chi connectivity index (χ2v) is 9.48. The van der Waals surface area contributed by atoms with Crippen LogP contribution in [0.1, 0.15) is 104 Å². The van der Waals surface area contributed by atoms with E-state index in [1.807, 2.05) is 0 Å². The van der Waals surface area contributed by atoms with Gasteiger partial charge in [0.05, 0.1) is 0 Å². The SMILES string of the molecule is CCCCCCCCC#CP[PH3]C#CCCCCCCCC. The minimum atomic E-state index is -0.194. The van der Waals surface area contributed by atoms with Crippen molar-refractivity contribution in [2.45, 2.75) is 104 Å². The molecule has 0 heterocycles. The Morgan fingerprint density at radius 2 is 1.14 bits per heavy atom. The van der Waals surface area contributed by atoms with Crippen LogP contribution in [-0.2, 0) is 0 Å². The van der Waals surface area contributed by atoms with Crippen molar-refractivity contribution >= 4 is 16.5 Å². The molecule has 1 atom stereocenters. The summed E-state index contributed by atoms with van der Waals surface area (Å²) >= 11 is 0. The van der Waals surface area contributed by atoms with Crippen molar-refractivity contribution < 1.29 is 0 Å². The molecule has 1 unspecified atom stereocenters. The molecule has 0 N–H and O–H groups in total. The molecule has 128 valence electrons. The van der Waals surface area contributed by atoms with E-state index in [4.69, 9.17) is 0 Å². The molecule has 0 aromatic rings. The van der Waals surface area contributed by atoms with Gasteiger partial charge in [-0.25, -0.2) is 0 Å². The van der Waals surface area contributed by atoms with Crippen molar-refractivity contribution in [3.8, 4) is 23.2 Å². The van der Waals surface area contributed by atoms with Crippen LogP contribution in [0.3, 0.4) is 0 Å². The van der Waals surface area contributed by atoms with Crippen LogP contribution in [0.15, 0.2) is 0 Å². The van der Waals surface area contributed by atoms with E-state index in [1.165, 1.54) is 77.0 Å². The molecule has 0 bridgehead atoms. The number of unbranched alkanes of at least 4 members (excludes halogenated alkanes) is 12. The molecule has 0 fully saturated rings. The van der Waals surface area contributed by atoms with Gasteiger partial charge >= 0.3 is 143 Å². The number of hydrogen-bond acceptors (Lipinski definition) is 0. The first-order chi connectivity index (χ1) is 10.9. The zero-order valence-electron chi connectivity index (χ0n) is 15.1. The molecule has 0 aromatic carbocycles. The van der Waals surface area contributed by atoms with Crippen LogP contribution in [0, 0.1) is 23.2 Å². The zero-order valence-corrected chi connectivity index (χ0v) is 17.5. The van der Waals surface area contributed by atoms with Crippen LogP contribution in [-0.4, -0.2) is 0 Å². The molecule has 0 rings (SSSR count). The summed E-state index contributed by atoms with van der Waals surface area (Å²) < 4.78 is 0. The molecule has 0 saturated heterocycles. The maximum atomic E-state index is 3.41. The first-order valence-electron chi connectivity index (χ1n) is 9.58. The predicted molar refractivity (Wildman–Crippen MR) is 111 cm³/mol. The Morgan fingerprint density at radius 3 is 1.73 bits per heavy atom. The average molecular weight is 340 g/mol. The van der Waals surface area contributed by atoms with Crippen molar-refractivity contribution in [2.75, 3.05) is 0 Å². The Labute approximate surface area is 143 Å². The fourth-order valence-electron chi connectivity index (χ4n) is 2.35. The first kappa shape index (κ1) is 22.0. The minimum absolute atomic E-state index is 0.194. The van der Waals surface area contributed by atoms with Crippen molar-refractivity contribution in [1.29, 1.82) is 0 Å². The van der Waals surface area contributed by atoms with Gasteiger partial charge in [0.25, 0.3) is 0 Å². The topological polar surface area (TPSA) is 0 Å². The van der Waals surface area contributed by atoms with Gasteiger partial charge in [0.2, 0.25) is 0 Å². The van der Waals surface area contributed by atoms with E-state index in [-0.39, 0.29) is 8.27 Å². The Balaban J connectivity index is 3.22. The molecule has 0 radical (unpaired) electrons. The molecule has 0 aliphatic heterocycles. The normalized spacial score (nSPS) is 10.5. The summed E-state index contributed by atoms with van der Waals surface area (Å²) in [5.74, 6) is 6.69. The zero-order chi connectivity index (χ0) is 16.1. The van der Waals surface area contributed by atoms with Crippen LogP contribution in [0.25, 0.3) is 0 Å². The third kappa shape index (κ3) is 20.0. The molecule has 0 nitrogen and oxygen atoms in total. The van der Waals surface area contributed by atoms with Gasteiger partial charge in [-0.15, -0.1) is 0 Å². The van der Waals surface area contributed by atoms with Gasteiger partial charge in [-0.3, -0.25) is 0 Å². The summed E-state index contributed by atoms with van der Waals surface area (Å²) in [5, 5.41) is 0. The Kier molecular flexibility index (Phi) is 21.0. The Hall–Kier alpha value is -0.0200. The van der Waals surface area contributed by atoms with E-state index in [9.17, 15) is 0 Å². The van der Waals surface area contributed by atoms with Gasteiger partial charge in [-0.1, -0.05) is 0 Å². The molecular formula is C20H38P2. The summed E-state index contributed by atoms with van der Waals surface area (Å²) in [6.07, 6.45) is 18.7. The van der Waals surface area contributed by atoms with E-state index in [2.05, 4.69) is 37.0 Å². The summed E-state index contributed by atoms with van der Waals surface area (Å²) in [4.78, 5) is 0. The van der Waals surface area contributed by atoms with Gasteiger partial charge < -0.3 is 0 Å². The third-order valence-corrected chi connectivity index (χ3v) is 6.34. The third-order valence-electron chi connectivity index (χ3n) is 3.79. The van der Waals surface area contributed by atoms with Crippen molar-refractivity contribution in [3.05, 3.63) is 0 Å². The average Bonchev–Trinajstić information content (AvgIpc) is 2.54. The number of rotatable bonds is 13. The summed E-state index contributed by atoms with van der Waals surface area (Å²) in [5.41, 5.74) is 6.76. The standard InChI is InChI=1S/C20H38P2/c1-3-5-7-9-11-13-15-17-19-21-22-20-18-16-14-12-10-8-6-4-2/h21H,3-16H2,1-2,22H3. The van der Waals surface area contributed by atoms with Gasteiger partial charge in [0.15, 0.2) is 0 Å². The fraction of sp³-hybridized carbons (Fsp3) is 0.800. The van der Waals surface area contributed by atoms with Crippen LogP contribution in [0.5, 0.6) is 0 Å². The molecule has 0 amide bonds. The second kappa shape index (κ2) is 21.0. The van der Waals surface area contributed by atoms with Gasteiger partial charge in [0, 0.05) is 0 Å². The van der Waals surface area contributed by atoms with Gasteiger partial charge in [-0.2, -0.15) is 0 Å².